The van der Waals surface area contributed by atoms with Crippen molar-refractivity contribution in [2.24, 2.45) is 0 Å². The number of aromatic nitrogens is 2. The predicted octanol–water partition coefficient (Wildman–Crippen LogP) is 2.46. The maximum Gasteiger partial charge on any atom is 0.226 e. The van der Waals surface area contributed by atoms with Crippen LogP contribution in [0.25, 0.3) is 0 Å². The van der Waals surface area contributed by atoms with Crippen molar-refractivity contribution in [1.29, 1.82) is 0 Å². The Morgan fingerprint density at radius 2 is 2.26 bits per heavy atom. The van der Waals surface area contributed by atoms with Gasteiger partial charge in [0.2, 0.25) is 5.91 Å². The van der Waals surface area contributed by atoms with Gasteiger partial charge in [-0.3, -0.25) is 9.48 Å². The van der Waals surface area contributed by atoms with Gasteiger partial charge in [0.1, 0.15) is 0 Å². The van der Waals surface area contributed by atoms with Crippen LogP contribution in [0.5, 0.6) is 0 Å². The van der Waals surface area contributed by atoms with E-state index in [1.54, 1.807) is 29.1 Å². The number of amides is 1. The fourth-order valence-electron chi connectivity index (χ4n) is 1.69. The Hall–Kier alpha value is -2.01. The van der Waals surface area contributed by atoms with Crippen LogP contribution in [0, 0.1) is 6.92 Å². The minimum absolute atomic E-state index is 0.110. The van der Waals surface area contributed by atoms with Gasteiger partial charge in [0.15, 0.2) is 0 Å². The molecule has 0 radical (unpaired) electrons. The molecule has 0 saturated heterocycles. The topological polar surface area (TPSA) is 72.9 Å². The van der Waals surface area contributed by atoms with Crippen LogP contribution in [0.1, 0.15) is 12.1 Å². The van der Waals surface area contributed by atoms with Gasteiger partial charge in [-0.15, -0.1) is 0 Å². The molecular weight excluding hydrogens is 264 g/mol. The van der Waals surface area contributed by atoms with Gasteiger partial charge in [-0.1, -0.05) is 11.6 Å². The largest absolute Gasteiger partial charge is 0.399 e. The van der Waals surface area contributed by atoms with Gasteiger partial charge >= 0.3 is 0 Å². The Bertz CT molecular complexity index is 594. The third-order valence-electron chi connectivity index (χ3n) is 2.75. The number of hydrogen-bond acceptors (Lipinski definition) is 3. The highest BCUT2D eigenvalue weighted by atomic mass is 35.5. The van der Waals surface area contributed by atoms with E-state index in [4.69, 9.17) is 17.3 Å². The second-order valence-corrected chi connectivity index (χ2v) is 4.64. The summed E-state index contributed by atoms with van der Waals surface area (Å²) in [5, 5.41) is 7.30. The number of carbonyl (C=O) groups excluding carboxylic acids is 1. The lowest BCUT2D eigenvalue weighted by atomic mass is 10.2. The molecule has 1 amide bonds. The first-order valence-corrected chi connectivity index (χ1v) is 6.27. The van der Waals surface area contributed by atoms with E-state index in [-0.39, 0.29) is 5.91 Å². The highest BCUT2D eigenvalue weighted by molar-refractivity contribution is 6.34. The molecule has 5 nitrogen and oxygen atoms in total. The Morgan fingerprint density at radius 3 is 2.89 bits per heavy atom. The number of rotatable bonds is 4. The average Bonchev–Trinajstić information content (AvgIpc) is 2.76. The number of carbonyl (C=O) groups is 1. The SMILES string of the molecule is Cc1ccnn1CCC(=O)Nc1ccc(N)cc1Cl. The minimum Gasteiger partial charge on any atom is -0.399 e. The van der Waals surface area contributed by atoms with E-state index >= 15 is 0 Å². The summed E-state index contributed by atoms with van der Waals surface area (Å²) in [4.78, 5) is 11.8. The Kier molecular flexibility index (Phi) is 4.06. The molecule has 0 bridgehead atoms. The van der Waals surface area contributed by atoms with Gasteiger partial charge in [0, 0.05) is 30.5 Å². The van der Waals surface area contributed by atoms with E-state index in [2.05, 4.69) is 10.4 Å². The van der Waals surface area contributed by atoms with Crippen LogP contribution in [-0.2, 0) is 11.3 Å². The van der Waals surface area contributed by atoms with Crippen LogP contribution in [-0.4, -0.2) is 15.7 Å². The zero-order valence-corrected chi connectivity index (χ0v) is 11.3. The first kappa shape index (κ1) is 13.4. The van der Waals surface area contributed by atoms with Crippen LogP contribution >= 0.6 is 11.6 Å². The summed E-state index contributed by atoms with van der Waals surface area (Å²) in [6.07, 6.45) is 2.05. The zero-order valence-electron chi connectivity index (χ0n) is 10.6. The molecule has 0 atom stereocenters. The van der Waals surface area contributed by atoms with Crippen LogP contribution < -0.4 is 11.1 Å². The second-order valence-electron chi connectivity index (χ2n) is 4.23. The number of nitrogens with zero attached hydrogens (tertiary/aromatic N) is 2. The third kappa shape index (κ3) is 3.48. The molecule has 0 fully saturated rings. The number of nitrogen functional groups attached to an aromatic ring is 1. The van der Waals surface area contributed by atoms with E-state index in [9.17, 15) is 4.79 Å². The first-order valence-electron chi connectivity index (χ1n) is 5.89. The number of hydrogen-bond donors (Lipinski definition) is 2. The van der Waals surface area contributed by atoms with Gasteiger partial charge in [-0.2, -0.15) is 5.10 Å². The molecule has 0 spiro atoms. The molecule has 2 aromatic rings. The molecule has 1 aromatic carbocycles. The number of nitrogens with two attached hydrogens (primary N) is 1. The highest BCUT2D eigenvalue weighted by Gasteiger charge is 2.07. The summed E-state index contributed by atoms with van der Waals surface area (Å²) < 4.78 is 1.78. The van der Waals surface area contributed by atoms with Crippen molar-refractivity contribution in [2.75, 3.05) is 11.1 Å². The minimum atomic E-state index is -0.110. The van der Waals surface area contributed by atoms with E-state index in [1.807, 2.05) is 13.0 Å². The van der Waals surface area contributed by atoms with Crippen LogP contribution in [0.3, 0.4) is 0 Å². The first-order chi connectivity index (χ1) is 9.06. The van der Waals surface area contributed by atoms with Crippen molar-refractivity contribution >= 4 is 28.9 Å². The van der Waals surface area contributed by atoms with Gasteiger partial charge in [0.25, 0.3) is 0 Å². The molecular formula is C13H15ClN4O. The van der Waals surface area contributed by atoms with Gasteiger partial charge in [-0.25, -0.2) is 0 Å². The van der Waals surface area contributed by atoms with Crippen molar-refractivity contribution in [3.63, 3.8) is 0 Å². The van der Waals surface area contributed by atoms with Crippen LogP contribution in [0.2, 0.25) is 5.02 Å². The molecule has 2 rings (SSSR count). The Balaban J connectivity index is 1.93. The number of aryl methyl sites for hydroxylation is 2. The molecule has 1 heterocycles. The van der Waals surface area contributed by atoms with Crippen molar-refractivity contribution in [3.05, 3.63) is 41.2 Å². The molecule has 3 N–H and O–H groups in total. The van der Waals surface area contributed by atoms with Crippen LogP contribution in [0.15, 0.2) is 30.5 Å². The van der Waals surface area contributed by atoms with Crippen molar-refractivity contribution < 1.29 is 4.79 Å². The lowest BCUT2D eigenvalue weighted by molar-refractivity contribution is -0.116. The second kappa shape index (κ2) is 5.75. The van der Waals surface area contributed by atoms with E-state index in [1.165, 1.54) is 0 Å². The maximum atomic E-state index is 11.8. The van der Waals surface area contributed by atoms with E-state index < -0.39 is 0 Å². The summed E-state index contributed by atoms with van der Waals surface area (Å²) in [6, 6.07) is 6.89. The summed E-state index contributed by atoms with van der Waals surface area (Å²) >= 11 is 5.99. The quantitative estimate of drug-likeness (QED) is 0.844. The van der Waals surface area contributed by atoms with Crippen molar-refractivity contribution in [2.45, 2.75) is 19.9 Å². The summed E-state index contributed by atoms with van der Waals surface area (Å²) in [7, 11) is 0. The van der Waals surface area contributed by atoms with Gasteiger partial charge in [0.05, 0.1) is 10.7 Å². The lowest BCUT2D eigenvalue weighted by Gasteiger charge is -2.08. The highest BCUT2D eigenvalue weighted by Crippen LogP contribution is 2.24. The lowest BCUT2D eigenvalue weighted by Crippen LogP contribution is -2.15. The van der Waals surface area contributed by atoms with Gasteiger partial charge in [-0.05, 0) is 31.2 Å². The van der Waals surface area contributed by atoms with Crippen molar-refractivity contribution in [1.82, 2.24) is 9.78 Å². The van der Waals surface area contributed by atoms with Crippen molar-refractivity contribution in [3.8, 4) is 0 Å². The van der Waals surface area contributed by atoms with E-state index in [0.717, 1.165) is 5.69 Å². The van der Waals surface area contributed by atoms with Crippen LogP contribution in [0.4, 0.5) is 11.4 Å². The average molecular weight is 279 g/mol. The molecule has 19 heavy (non-hydrogen) atoms. The smallest absolute Gasteiger partial charge is 0.226 e. The van der Waals surface area contributed by atoms with Gasteiger partial charge < -0.3 is 11.1 Å². The third-order valence-corrected chi connectivity index (χ3v) is 3.06. The molecule has 0 aliphatic heterocycles. The molecule has 6 heteroatoms. The Morgan fingerprint density at radius 1 is 1.47 bits per heavy atom. The number of halogens is 1. The number of nitrogens with one attached hydrogen (secondary N) is 1. The standard InChI is InChI=1S/C13H15ClN4O/c1-9-4-6-16-18(9)7-5-13(19)17-12-3-2-10(15)8-11(12)14/h2-4,6,8H,5,7,15H2,1H3,(H,17,19). The monoisotopic (exact) mass is 278 g/mol. The fraction of sp³-hybridized carbons (Fsp3) is 0.231. The summed E-state index contributed by atoms with van der Waals surface area (Å²) in [5.74, 6) is -0.110. The summed E-state index contributed by atoms with van der Waals surface area (Å²) in [5.41, 5.74) is 7.75. The number of anilines is 2. The van der Waals surface area contributed by atoms with E-state index in [0.29, 0.717) is 29.4 Å². The predicted molar refractivity (Wildman–Crippen MR) is 76.1 cm³/mol. The Labute approximate surface area is 116 Å². The maximum absolute atomic E-state index is 11.8. The molecule has 100 valence electrons. The zero-order chi connectivity index (χ0) is 13.8. The number of benzene rings is 1. The molecule has 1 aromatic heterocycles. The molecule has 0 aliphatic carbocycles. The molecule has 0 aliphatic rings. The normalized spacial score (nSPS) is 10.4. The molecule has 0 saturated carbocycles. The summed E-state index contributed by atoms with van der Waals surface area (Å²) in [6.45, 7) is 2.49. The fourth-order valence-corrected chi connectivity index (χ4v) is 1.92. The molecule has 0 unspecified atom stereocenters.